The molecule has 1 fully saturated rings. The second-order valence-corrected chi connectivity index (χ2v) is 3.88. The number of carbonyl (C=O) groups is 1. The zero-order valence-electron chi connectivity index (χ0n) is 10.0. The molecule has 0 saturated carbocycles. The predicted octanol–water partition coefficient (Wildman–Crippen LogP) is -0.497. The van der Waals surface area contributed by atoms with Gasteiger partial charge in [-0.05, 0) is 6.92 Å². The van der Waals surface area contributed by atoms with Gasteiger partial charge in [-0.1, -0.05) is 0 Å². The predicted molar refractivity (Wildman–Crippen MR) is 60.4 cm³/mol. The summed E-state index contributed by atoms with van der Waals surface area (Å²) in [5.41, 5.74) is -0.623. The van der Waals surface area contributed by atoms with Gasteiger partial charge in [-0.15, -0.1) is 0 Å². The first-order valence-electron chi connectivity index (χ1n) is 5.24. The molecule has 1 unspecified atom stereocenters. The Bertz CT molecular complexity index is 280. The fraction of sp³-hybridized carbons (Fsp3) is 0.800. The Hall–Kier alpha value is -1.14. The van der Waals surface area contributed by atoms with Crippen molar-refractivity contribution in [3.8, 4) is 0 Å². The lowest BCUT2D eigenvalue weighted by atomic mass is 9.99. The molecule has 1 heterocycles. The Balaban J connectivity index is 2.52. The summed E-state index contributed by atoms with van der Waals surface area (Å²) >= 11 is 0. The van der Waals surface area contributed by atoms with Crippen LogP contribution in [0, 0.1) is 0 Å². The number of rotatable bonds is 6. The Morgan fingerprint density at radius 3 is 2.62 bits per heavy atom. The van der Waals surface area contributed by atoms with Gasteiger partial charge in [0, 0.05) is 27.2 Å². The van der Waals surface area contributed by atoms with Crippen LogP contribution >= 0.6 is 0 Å². The topological polar surface area (TPSA) is 72.0 Å². The van der Waals surface area contributed by atoms with Crippen LogP contribution in [0.5, 0.6) is 0 Å². The standard InChI is InChI=1S/C10H19N3O3/c1-10(4-6-15-2)8(14)12-9(13-10)11-5-7-16-3/h4-7H2,1-3H3,(H2,11,12,13,14). The summed E-state index contributed by atoms with van der Waals surface area (Å²) in [5.74, 6) is 0.446. The Kier molecular flexibility index (Phi) is 4.70. The smallest absolute Gasteiger partial charge is 0.252 e. The number of nitrogens with zero attached hydrogens (tertiary/aromatic N) is 1. The van der Waals surface area contributed by atoms with Crippen LogP contribution in [0.25, 0.3) is 0 Å². The minimum Gasteiger partial charge on any atom is -0.385 e. The number of guanidine groups is 1. The van der Waals surface area contributed by atoms with Crippen molar-refractivity contribution in [1.82, 2.24) is 10.6 Å². The Labute approximate surface area is 95.4 Å². The first-order valence-corrected chi connectivity index (χ1v) is 5.24. The van der Waals surface area contributed by atoms with Gasteiger partial charge in [-0.3, -0.25) is 15.1 Å². The van der Waals surface area contributed by atoms with E-state index >= 15 is 0 Å². The van der Waals surface area contributed by atoms with E-state index in [2.05, 4.69) is 15.6 Å². The second kappa shape index (κ2) is 5.81. The molecule has 1 saturated heterocycles. The molecule has 0 radical (unpaired) electrons. The maximum atomic E-state index is 11.7. The van der Waals surface area contributed by atoms with Crippen LogP contribution in [0.2, 0.25) is 0 Å². The zero-order chi connectivity index (χ0) is 12.0. The average molecular weight is 229 g/mol. The lowest BCUT2D eigenvalue weighted by Crippen LogP contribution is -2.44. The van der Waals surface area contributed by atoms with Gasteiger partial charge in [0.05, 0.1) is 13.2 Å². The molecule has 0 spiro atoms. The van der Waals surface area contributed by atoms with Crippen LogP contribution in [0.3, 0.4) is 0 Å². The first-order chi connectivity index (χ1) is 7.62. The summed E-state index contributed by atoms with van der Waals surface area (Å²) in [4.78, 5) is 15.9. The van der Waals surface area contributed by atoms with Crippen molar-refractivity contribution in [2.75, 3.05) is 34.0 Å². The number of carbonyl (C=O) groups excluding carboxylic acids is 1. The van der Waals surface area contributed by atoms with Gasteiger partial charge in [0.2, 0.25) is 0 Å². The highest BCUT2D eigenvalue weighted by molar-refractivity contribution is 6.08. The number of hydrogen-bond acceptors (Lipinski definition) is 4. The van der Waals surface area contributed by atoms with Gasteiger partial charge >= 0.3 is 0 Å². The maximum absolute atomic E-state index is 11.7. The third-order valence-electron chi connectivity index (χ3n) is 2.50. The molecule has 2 N–H and O–H groups in total. The van der Waals surface area contributed by atoms with Gasteiger partial charge in [0.15, 0.2) is 5.96 Å². The summed E-state index contributed by atoms with van der Waals surface area (Å²) in [7, 11) is 3.23. The summed E-state index contributed by atoms with van der Waals surface area (Å²) in [6.07, 6.45) is 0.610. The van der Waals surface area contributed by atoms with Crippen molar-refractivity contribution >= 4 is 11.9 Å². The molecule has 0 aromatic carbocycles. The molecule has 1 aliphatic rings. The second-order valence-electron chi connectivity index (χ2n) is 3.88. The van der Waals surface area contributed by atoms with Crippen LogP contribution in [0.4, 0.5) is 0 Å². The van der Waals surface area contributed by atoms with Crippen molar-refractivity contribution in [2.24, 2.45) is 4.99 Å². The summed E-state index contributed by atoms with van der Waals surface area (Å²) in [5, 5.41) is 5.77. The molecule has 1 aliphatic heterocycles. The van der Waals surface area contributed by atoms with Gasteiger partial charge in [0.25, 0.3) is 5.91 Å². The molecular weight excluding hydrogens is 210 g/mol. The SMILES string of the molecule is COCCN=C1NC(=O)C(C)(CCOC)N1. The van der Waals surface area contributed by atoms with Crippen molar-refractivity contribution in [1.29, 1.82) is 0 Å². The van der Waals surface area contributed by atoms with Crippen LogP contribution in [-0.4, -0.2) is 51.4 Å². The third-order valence-corrected chi connectivity index (χ3v) is 2.50. The molecular formula is C10H19N3O3. The van der Waals surface area contributed by atoms with E-state index in [1.54, 1.807) is 14.2 Å². The monoisotopic (exact) mass is 229 g/mol. The Morgan fingerprint density at radius 2 is 2.00 bits per heavy atom. The lowest BCUT2D eigenvalue weighted by molar-refractivity contribution is -0.123. The van der Waals surface area contributed by atoms with E-state index in [0.717, 1.165) is 0 Å². The normalized spacial score (nSPS) is 26.9. The van der Waals surface area contributed by atoms with Crippen molar-refractivity contribution in [3.63, 3.8) is 0 Å². The number of hydrogen-bond donors (Lipinski definition) is 2. The van der Waals surface area contributed by atoms with E-state index in [0.29, 0.717) is 32.1 Å². The summed E-state index contributed by atoms with van der Waals surface area (Å²) < 4.78 is 9.85. The molecule has 0 bridgehead atoms. The zero-order valence-corrected chi connectivity index (χ0v) is 10.0. The molecule has 1 rings (SSSR count). The van der Waals surface area contributed by atoms with E-state index < -0.39 is 5.54 Å². The molecule has 1 atom stereocenters. The van der Waals surface area contributed by atoms with Crippen molar-refractivity contribution in [2.45, 2.75) is 18.9 Å². The molecule has 16 heavy (non-hydrogen) atoms. The van der Waals surface area contributed by atoms with Gasteiger partial charge in [-0.2, -0.15) is 0 Å². The fourth-order valence-corrected chi connectivity index (χ4v) is 1.40. The van der Waals surface area contributed by atoms with E-state index in [4.69, 9.17) is 9.47 Å². The van der Waals surface area contributed by atoms with E-state index in [1.165, 1.54) is 0 Å². The van der Waals surface area contributed by atoms with Crippen LogP contribution in [-0.2, 0) is 14.3 Å². The molecule has 0 aromatic rings. The fourth-order valence-electron chi connectivity index (χ4n) is 1.40. The number of ether oxygens (including phenoxy) is 2. The van der Waals surface area contributed by atoms with E-state index in [9.17, 15) is 4.79 Å². The highest BCUT2D eigenvalue weighted by Crippen LogP contribution is 2.14. The molecule has 6 nitrogen and oxygen atoms in total. The largest absolute Gasteiger partial charge is 0.385 e. The van der Waals surface area contributed by atoms with Gasteiger partial charge < -0.3 is 14.8 Å². The molecule has 0 aromatic heterocycles. The minimum atomic E-state index is -0.623. The number of amides is 1. The number of nitrogens with one attached hydrogen (secondary N) is 2. The van der Waals surface area contributed by atoms with Crippen LogP contribution in [0.1, 0.15) is 13.3 Å². The quantitative estimate of drug-likeness (QED) is 0.602. The molecule has 92 valence electrons. The van der Waals surface area contributed by atoms with Gasteiger partial charge in [0.1, 0.15) is 5.54 Å². The summed E-state index contributed by atoms with van der Waals surface area (Å²) in [6, 6.07) is 0. The molecule has 1 amide bonds. The van der Waals surface area contributed by atoms with Crippen LogP contribution in [0.15, 0.2) is 4.99 Å². The van der Waals surface area contributed by atoms with Crippen molar-refractivity contribution in [3.05, 3.63) is 0 Å². The summed E-state index contributed by atoms with van der Waals surface area (Å²) in [6.45, 7) is 3.43. The highest BCUT2D eigenvalue weighted by Gasteiger charge is 2.40. The van der Waals surface area contributed by atoms with E-state index in [-0.39, 0.29) is 5.91 Å². The number of aliphatic imine (C=N–C) groups is 1. The molecule has 6 heteroatoms. The van der Waals surface area contributed by atoms with Crippen LogP contribution < -0.4 is 10.6 Å². The van der Waals surface area contributed by atoms with Gasteiger partial charge in [-0.25, -0.2) is 0 Å². The third kappa shape index (κ3) is 3.18. The Morgan fingerprint density at radius 1 is 1.31 bits per heavy atom. The minimum absolute atomic E-state index is 0.0688. The van der Waals surface area contributed by atoms with Crippen molar-refractivity contribution < 1.29 is 14.3 Å². The highest BCUT2D eigenvalue weighted by atomic mass is 16.5. The van der Waals surface area contributed by atoms with E-state index in [1.807, 2.05) is 6.92 Å². The number of methoxy groups -OCH3 is 2. The average Bonchev–Trinajstić information content (AvgIpc) is 2.53. The molecule has 0 aliphatic carbocycles. The lowest BCUT2D eigenvalue weighted by Gasteiger charge is -2.20. The maximum Gasteiger partial charge on any atom is 0.252 e. The first kappa shape index (κ1) is 12.9.